The Morgan fingerprint density at radius 1 is 1.11 bits per heavy atom. The van der Waals surface area contributed by atoms with Crippen molar-refractivity contribution in [2.24, 2.45) is 0 Å². The Morgan fingerprint density at radius 2 is 1.81 bits per heavy atom. The molecule has 8 nitrogen and oxygen atoms in total. The Hall–Kier alpha value is -2.78. The second-order valence-corrected chi connectivity index (χ2v) is 7.67. The summed E-state index contributed by atoms with van der Waals surface area (Å²) in [6.45, 7) is 3.48. The van der Waals surface area contributed by atoms with Crippen molar-refractivity contribution in [1.82, 2.24) is 14.6 Å². The molecule has 1 aromatic heterocycles. The Bertz CT molecular complexity index is 883. The molecule has 0 fully saturated rings. The summed E-state index contributed by atoms with van der Waals surface area (Å²) in [6, 6.07) is 9.48. The third-order valence-electron chi connectivity index (χ3n) is 3.70. The lowest BCUT2D eigenvalue weighted by molar-refractivity contribution is -0.129. The van der Waals surface area contributed by atoms with Crippen molar-refractivity contribution in [3.63, 3.8) is 0 Å². The van der Waals surface area contributed by atoms with Gasteiger partial charge in [-0.3, -0.25) is 14.6 Å². The number of hydrogen-bond donors (Lipinski definition) is 2. The van der Waals surface area contributed by atoms with Gasteiger partial charge in [-0.2, -0.15) is 0 Å². The molecule has 0 aliphatic carbocycles. The topological polar surface area (TPSA) is 108 Å². The summed E-state index contributed by atoms with van der Waals surface area (Å²) in [5.41, 5.74) is 1.38. The summed E-state index contributed by atoms with van der Waals surface area (Å²) < 4.78 is 27.2. The molecule has 2 amide bonds. The minimum atomic E-state index is -3.71. The Morgan fingerprint density at radius 3 is 2.37 bits per heavy atom. The van der Waals surface area contributed by atoms with E-state index < -0.39 is 10.0 Å². The van der Waals surface area contributed by atoms with E-state index >= 15 is 0 Å². The van der Waals surface area contributed by atoms with Crippen LogP contribution in [0.1, 0.15) is 19.4 Å². The van der Waals surface area contributed by atoms with Gasteiger partial charge in [0.15, 0.2) is 0 Å². The van der Waals surface area contributed by atoms with E-state index in [1.807, 2.05) is 6.07 Å². The van der Waals surface area contributed by atoms with Crippen LogP contribution >= 0.6 is 0 Å². The van der Waals surface area contributed by atoms with E-state index in [-0.39, 0.29) is 29.8 Å². The minimum absolute atomic E-state index is 0.0790. The van der Waals surface area contributed by atoms with Crippen LogP contribution in [0.15, 0.2) is 53.7 Å². The molecule has 0 aliphatic rings. The van der Waals surface area contributed by atoms with Gasteiger partial charge in [-0.05, 0) is 35.9 Å². The van der Waals surface area contributed by atoms with Crippen LogP contribution in [0.3, 0.4) is 0 Å². The number of carbonyl (C=O) groups excluding carboxylic acids is 2. The Balaban J connectivity index is 1.95. The number of nitrogens with one attached hydrogen (secondary N) is 2. The van der Waals surface area contributed by atoms with Gasteiger partial charge < -0.3 is 10.2 Å². The van der Waals surface area contributed by atoms with Gasteiger partial charge >= 0.3 is 0 Å². The van der Waals surface area contributed by atoms with Crippen molar-refractivity contribution in [2.45, 2.75) is 25.3 Å². The summed E-state index contributed by atoms with van der Waals surface area (Å²) >= 11 is 0. The molecule has 0 atom stereocenters. The van der Waals surface area contributed by atoms with Crippen LogP contribution in [0.4, 0.5) is 5.69 Å². The van der Waals surface area contributed by atoms with Crippen LogP contribution in [0.5, 0.6) is 0 Å². The lowest BCUT2D eigenvalue weighted by Gasteiger charge is -2.21. The van der Waals surface area contributed by atoms with E-state index in [0.717, 1.165) is 5.56 Å². The highest BCUT2D eigenvalue weighted by atomic mass is 32.2. The SMILES string of the molecule is CC(=O)Nc1ccc(S(=O)(=O)NCCN(Cc2cccnc2)C(C)=O)cc1. The van der Waals surface area contributed by atoms with Gasteiger partial charge in [-0.25, -0.2) is 13.1 Å². The number of hydrogen-bond acceptors (Lipinski definition) is 5. The molecular weight excluding hydrogens is 368 g/mol. The molecule has 2 N–H and O–H groups in total. The molecule has 1 aromatic carbocycles. The zero-order chi connectivity index (χ0) is 19.9. The second-order valence-electron chi connectivity index (χ2n) is 5.91. The maximum atomic E-state index is 12.4. The standard InChI is InChI=1S/C18H22N4O4S/c1-14(23)21-17-5-7-18(8-6-17)27(25,26)20-10-11-22(15(2)24)13-16-4-3-9-19-12-16/h3-9,12,20H,10-11,13H2,1-2H3,(H,21,23). The van der Waals surface area contributed by atoms with E-state index in [2.05, 4.69) is 15.0 Å². The van der Waals surface area contributed by atoms with Crippen molar-refractivity contribution in [1.29, 1.82) is 0 Å². The fraction of sp³-hybridized carbons (Fsp3) is 0.278. The van der Waals surface area contributed by atoms with Gasteiger partial charge in [0.05, 0.1) is 4.90 Å². The van der Waals surface area contributed by atoms with Crippen molar-refractivity contribution in [3.8, 4) is 0 Å². The summed E-state index contributed by atoms with van der Waals surface area (Å²) in [6.07, 6.45) is 3.31. The highest BCUT2D eigenvalue weighted by Crippen LogP contribution is 2.14. The molecule has 0 aliphatic heterocycles. The van der Waals surface area contributed by atoms with E-state index in [1.54, 1.807) is 23.4 Å². The maximum Gasteiger partial charge on any atom is 0.240 e. The fourth-order valence-electron chi connectivity index (χ4n) is 2.38. The number of amides is 2. The highest BCUT2D eigenvalue weighted by molar-refractivity contribution is 7.89. The third kappa shape index (κ3) is 6.46. The summed E-state index contributed by atoms with van der Waals surface area (Å²) in [7, 11) is -3.71. The van der Waals surface area contributed by atoms with Crippen LogP contribution in [-0.2, 0) is 26.2 Å². The van der Waals surface area contributed by atoms with Gasteiger partial charge in [0.25, 0.3) is 0 Å². The summed E-state index contributed by atoms with van der Waals surface area (Å²) in [5.74, 6) is -0.389. The van der Waals surface area contributed by atoms with Gasteiger partial charge in [0, 0.05) is 51.6 Å². The van der Waals surface area contributed by atoms with E-state index in [1.165, 1.54) is 38.1 Å². The van der Waals surface area contributed by atoms with Crippen molar-refractivity contribution in [2.75, 3.05) is 18.4 Å². The zero-order valence-electron chi connectivity index (χ0n) is 15.2. The lowest BCUT2D eigenvalue weighted by Crippen LogP contribution is -2.37. The Kier molecular flexibility index (Phi) is 7.03. The fourth-order valence-corrected chi connectivity index (χ4v) is 3.40. The highest BCUT2D eigenvalue weighted by Gasteiger charge is 2.15. The first-order chi connectivity index (χ1) is 12.8. The van der Waals surface area contributed by atoms with Crippen LogP contribution in [0, 0.1) is 0 Å². The normalized spacial score (nSPS) is 11.0. The first-order valence-corrected chi connectivity index (χ1v) is 9.78. The van der Waals surface area contributed by atoms with Crippen molar-refractivity contribution < 1.29 is 18.0 Å². The van der Waals surface area contributed by atoms with Gasteiger partial charge in [-0.15, -0.1) is 0 Å². The number of nitrogens with zero attached hydrogens (tertiary/aromatic N) is 2. The van der Waals surface area contributed by atoms with Crippen LogP contribution in [-0.4, -0.2) is 43.2 Å². The third-order valence-corrected chi connectivity index (χ3v) is 5.18. The van der Waals surface area contributed by atoms with E-state index in [9.17, 15) is 18.0 Å². The first kappa shape index (κ1) is 20.5. The number of benzene rings is 1. The average Bonchev–Trinajstić information content (AvgIpc) is 2.61. The minimum Gasteiger partial charge on any atom is -0.337 e. The molecule has 0 radical (unpaired) electrons. The quantitative estimate of drug-likeness (QED) is 0.708. The number of anilines is 1. The maximum absolute atomic E-state index is 12.4. The smallest absolute Gasteiger partial charge is 0.240 e. The number of sulfonamides is 1. The monoisotopic (exact) mass is 390 g/mol. The predicted octanol–water partition coefficient (Wildman–Crippen LogP) is 1.37. The molecule has 2 rings (SSSR count). The molecule has 0 bridgehead atoms. The second kappa shape index (κ2) is 9.24. The summed E-state index contributed by atoms with van der Waals surface area (Å²) in [5, 5.41) is 2.57. The number of carbonyl (C=O) groups is 2. The van der Waals surface area contributed by atoms with Gasteiger partial charge in [0.1, 0.15) is 0 Å². The predicted molar refractivity (Wildman–Crippen MR) is 101 cm³/mol. The first-order valence-electron chi connectivity index (χ1n) is 8.29. The number of aromatic nitrogens is 1. The molecule has 1 heterocycles. The van der Waals surface area contributed by atoms with Crippen LogP contribution in [0.2, 0.25) is 0 Å². The van der Waals surface area contributed by atoms with E-state index in [4.69, 9.17) is 0 Å². The largest absolute Gasteiger partial charge is 0.337 e. The summed E-state index contributed by atoms with van der Waals surface area (Å²) in [4.78, 5) is 28.4. The number of rotatable bonds is 8. The zero-order valence-corrected chi connectivity index (χ0v) is 16.0. The molecule has 2 aromatic rings. The number of pyridine rings is 1. The van der Waals surface area contributed by atoms with Crippen molar-refractivity contribution >= 4 is 27.5 Å². The van der Waals surface area contributed by atoms with E-state index in [0.29, 0.717) is 12.2 Å². The van der Waals surface area contributed by atoms with Crippen LogP contribution < -0.4 is 10.0 Å². The Labute approximate surface area is 158 Å². The molecule has 27 heavy (non-hydrogen) atoms. The van der Waals surface area contributed by atoms with Crippen molar-refractivity contribution in [3.05, 3.63) is 54.4 Å². The van der Waals surface area contributed by atoms with Gasteiger partial charge in [-0.1, -0.05) is 6.07 Å². The van der Waals surface area contributed by atoms with Gasteiger partial charge in [0.2, 0.25) is 21.8 Å². The molecule has 0 unspecified atom stereocenters. The molecule has 9 heteroatoms. The molecule has 144 valence electrons. The van der Waals surface area contributed by atoms with Crippen LogP contribution in [0.25, 0.3) is 0 Å². The average molecular weight is 390 g/mol. The molecule has 0 saturated heterocycles. The molecule has 0 spiro atoms. The molecule has 0 saturated carbocycles. The lowest BCUT2D eigenvalue weighted by atomic mass is 10.2. The molecular formula is C18H22N4O4S.